The molecule has 1 amide bonds. The van der Waals surface area contributed by atoms with E-state index >= 15 is 0 Å². The summed E-state index contributed by atoms with van der Waals surface area (Å²) >= 11 is 5.86. The third-order valence-electron chi connectivity index (χ3n) is 3.91. The van der Waals surface area contributed by atoms with Gasteiger partial charge in [0.15, 0.2) is 5.60 Å². The largest absolute Gasteiger partial charge is 0.478 e. The minimum absolute atomic E-state index is 0.116. The van der Waals surface area contributed by atoms with Crippen LogP contribution in [0.15, 0.2) is 53.1 Å². The van der Waals surface area contributed by atoms with Crippen LogP contribution in [0.2, 0.25) is 5.02 Å². The maximum absolute atomic E-state index is 12.5. The number of hydrogen-bond donors (Lipinski definition) is 1. The lowest BCUT2D eigenvalue weighted by molar-refractivity contribution is -0.134. The molecule has 0 unspecified atom stereocenters. The van der Waals surface area contributed by atoms with Crippen LogP contribution in [-0.4, -0.2) is 21.6 Å². The van der Waals surface area contributed by atoms with Crippen molar-refractivity contribution in [1.82, 2.24) is 15.5 Å². The highest BCUT2D eigenvalue weighted by molar-refractivity contribution is 6.30. The van der Waals surface area contributed by atoms with Gasteiger partial charge in [0.1, 0.15) is 5.75 Å². The van der Waals surface area contributed by atoms with E-state index in [4.69, 9.17) is 20.9 Å². The second-order valence-corrected chi connectivity index (χ2v) is 7.06. The number of carbonyl (C=O) groups is 1. The summed E-state index contributed by atoms with van der Waals surface area (Å²) in [4.78, 5) is 16.8. The molecule has 0 aliphatic heterocycles. The summed E-state index contributed by atoms with van der Waals surface area (Å²) in [5.74, 6) is 1.06. The maximum atomic E-state index is 12.5. The molecule has 140 valence electrons. The lowest BCUT2D eigenvalue weighted by Gasteiger charge is -2.25. The van der Waals surface area contributed by atoms with E-state index in [1.807, 2.05) is 31.2 Å². The van der Waals surface area contributed by atoms with E-state index in [-0.39, 0.29) is 12.5 Å². The predicted molar refractivity (Wildman–Crippen MR) is 102 cm³/mol. The molecule has 27 heavy (non-hydrogen) atoms. The lowest BCUT2D eigenvalue weighted by atomic mass is 10.1. The molecule has 0 atom stereocenters. The highest BCUT2D eigenvalue weighted by Gasteiger charge is 2.30. The smallest absolute Gasteiger partial charge is 0.264 e. The Morgan fingerprint density at radius 3 is 2.48 bits per heavy atom. The quantitative estimate of drug-likeness (QED) is 0.689. The number of nitrogens with one attached hydrogen (secondary N) is 1. The topological polar surface area (TPSA) is 77.2 Å². The molecule has 0 aliphatic rings. The van der Waals surface area contributed by atoms with Crippen LogP contribution in [0.4, 0.5) is 0 Å². The molecule has 6 nitrogen and oxygen atoms in total. The molecule has 0 saturated heterocycles. The van der Waals surface area contributed by atoms with Crippen molar-refractivity contribution < 1.29 is 14.1 Å². The predicted octanol–water partition coefficient (Wildman–Crippen LogP) is 4.17. The number of nitrogens with zero attached hydrogens (tertiary/aromatic N) is 2. The average molecular weight is 386 g/mol. The first-order valence-corrected chi connectivity index (χ1v) is 8.84. The van der Waals surface area contributed by atoms with Crippen molar-refractivity contribution in [2.75, 3.05) is 0 Å². The second kappa shape index (κ2) is 7.80. The van der Waals surface area contributed by atoms with Crippen molar-refractivity contribution in [2.24, 2.45) is 0 Å². The summed E-state index contributed by atoms with van der Waals surface area (Å²) in [5, 5.41) is 7.31. The first-order valence-electron chi connectivity index (χ1n) is 8.46. The van der Waals surface area contributed by atoms with Crippen LogP contribution in [0.1, 0.15) is 25.3 Å². The van der Waals surface area contributed by atoms with Gasteiger partial charge in [-0.2, -0.15) is 4.98 Å². The van der Waals surface area contributed by atoms with E-state index in [9.17, 15) is 4.79 Å². The Morgan fingerprint density at radius 1 is 1.15 bits per heavy atom. The van der Waals surface area contributed by atoms with Gasteiger partial charge in [-0.15, -0.1) is 0 Å². The van der Waals surface area contributed by atoms with E-state index in [1.165, 1.54) is 0 Å². The number of aryl methyl sites for hydroxylation is 1. The van der Waals surface area contributed by atoms with Gasteiger partial charge in [0.25, 0.3) is 5.91 Å². The zero-order chi connectivity index (χ0) is 19.4. The van der Waals surface area contributed by atoms with Gasteiger partial charge in [-0.05, 0) is 45.0 Å². The molecule has 2 aromatic carbocycles. The van der Waals surface area contributed by atoms with Crippen molar-refractivity contribution in [1.29, 1.82) is 0 Å². The Kier molecular flexibility index (Phi) is 5.46. The molecule has 0 bridgehead atoms. The lowest BCUT2D eigenvalue weighted by Crippen LogP contribution is -2.46. The highest BCUT2D eigenvalue weighted by Crippen LogP contribution is 2.21. The van der Waals surface area contributed by atoms with E-state index in [0.717, 1.165) is 11.1 Å². The van der Waals surface area contributed by atoms with Gasteiger partial charge in [-0.25, -0.2) is 0 Å². The molecule has 1 N–H and O–H groups in total. The molecule has 0 fully saturated rings. The Hall–Kier alpha value is -2.86. The summed E-state index contributed by atoms with van der Waals surface area (Å²) < 4.78 is 11.0. The Morgan fingerprint density at radius 2 is 1.81 bits per heavy atom. The van der Waals surface area contributed by atoms with E-state index < -0.39 is 5.60 Å². The van der Waals surface area contributed by atoms with Crippen LogP contribution in [0.25, 0.3) is 11.4 Å². The van der Waals surface area contributed by atoms with Gasteiger partial charge in [0.2, 0.25) is 11.7 Å². The fraction of sp³-hybridized carbons (Fsp3) is 0.250. The molecule has 1 aromatic heterocycles. The third kappa shape index (κ3) is 4.86. The van der Waals surface area contributed by atoms with Gasteiger partial charge in [0.05, 0.1) is 6.54 Å². The number of amides is 1. The normalized spacial score (nSPS) is 11.3. The van der Waals surface area contributed by atoms with Crippen molar-refractivity contribution in [3.63, 3.8) is 0 Å². The number of carbonyl (C=O) groups excluding carboxylic acids is 1. The number of rotatable bonds is 6. The molecule has 0 radical (unpaired) electrons. The van der Waals surface area contributed by atoms with Gasteiger partial charge >= 0.3 is 0 Å². The monoisotopic (exact) mass is 385 g/mol. The number of ether oxygens (including phenoxy) is 1. The van der Waals surface area contributed by atoms with Crippen molar-refractivity contribution in [3.05, 3.63) is 65.0 Å². The Bertz CT molecular complexity index is 918. The molecule has 7 heteroatoms. The van der Waals surface area contributed by atoms with Crippen LogP contribution < -0.4 is 10.1 Å². The van der Waals surface area contributed by atoms with E-state index in [2.05, 4.69) is 15.5 Å². The zero-order valence-corrected chi connectivity index (χ0v) is 16.1. The van der Waals surface area contributed by atoms with Crippen LogP contribution in [-0.2, 0) is 11.3 Å². The SMILES string of the molecule is Cc1ccc(-c2noc(CNC(=O)C(C)(C)Oc3ccc(Cl)cc3)n2)cc1. The summed E-state index contributed by atoms with van der Waals surface area (Å²) in [6, 6.07) is 14.6. The van der Waals surface area contributed by atoms with Crippen LogP contribution in [0.3, 0.4) is 0 Å². The van der Waals surface area contributed by atoms with Crippen molar-refractivity contribution in [2.45, 2.75) is 32.9 Å². The molecular weight excluding hydrogens is 366 g/mol. The van der Waals surface area contributed by atoms with E-state index in [0.29, 0.717) is 22.5 Å². The van der Waals surface area contributed by atoms with Gasteiger partial charge < -0.3 is 14.6 Å². The molecule has 0 saturated carbocycles. The average Bonchev–Trinajstić information content (AvgIpc) is 3.11. The molecule has 1 heterocycles. The van der Waals surface area contributed by atoms with Gasteiger partial charge in [0, 0.05) is 10.6 Å². The fourth-order valence-electron chi connectivity index (χ4n) is 2.36. The van der Waals surface area contributed by atoms with E-state index in [1.54, 1.807) is 38.1 Å². The minimum atomic E-state index is -1.08. The molecule has 0 spiro atoms. The molecule has 3 aromatic rings. The van der Waals surface area contributed by atoms with Crippen LogP contribution >= 0.6 is 11.6 Å². The first-order chi connectivity index (χ1) is 12.8. The van der Waals surface area contributed by atoms with Crippen LogP contribution in [0, 0.1) is 6.92 Å². The van der Waals surface area contributed by atoms with Crippen molar-refractivity contribution >= 4 is 17.5 Å². The van der Waals surface area contributed by atoms with Crippen molar-refractivity contribution in [3.8, 4) is 17.1 Å². The molecular formula is C20H20ClN3O3. The number of hydrogen-bond acceptors (Lipinski definition) is 5. The second-order valence-electron chi connectivity index (χ2n) is 6.63. The third-order valence-corrected chi connectivity index (χ3v) is 4.16. The fourth-order valence-corrected chi connectivity index (χ4v) is 2.48. The Balaban J connectivity index is 1.59. The molecule has 0 aliphatic carbocycles. The maximum Gasteiger partial charge on any atom is 0.264 e. The summed E-state index contributed by atoms with van der Waals surface area (Å²) in [6.45, 7) is 5.49. The van der Waals surface area contributed by atoms with Gasteiger partial charge in [-0.1, -0.05) is 46.6 Å². The summed E-state index contributed by atoms with van der Waals surface area (Å²) in [5.41, 5.74) is 0.930. The van der Waals surface area contributed by atoms with Crippen LogP contribution in [0.5, 0.6) is 5.75 Å². The summed E-state index contributed by atoms with van der Waals surface area (Å²) in [6.07, 6.45) is 0. The number of aromatic nitrogens is 2. The standard InChI is InChI=1S/C20H20ClN3O3/c1-13-4-6-14(7-5-13)18-23-17(27-24-18)12-22-19(25)20(2,3)26-16-10-8-15(21)9-11-16/h4-11H,12H2,1-3H3,(H,22,25). The minimum Gasteiger partial charge on any atom is -0.478 e. The first kappa shape index (κ1) is 18.9. The highest BCUT2D eigenvalue weighted by atomic mass is 35.5. The number of halogens is 1. The number of benzene rings is 2. The summed E-state index contributed by atoms with van der Waals surface area (Å²) in [7, 11) is 0. The van der Waals surface area contributed by atoms with Gasteiger partial charge in [-0.3, -0.25) is 4.79 Å². The zero-order valence-electron chi connectivity index (χ0n) is 15.3. The molecule has 3 rings (SSSR count). The Labute approximate surface area is 162 Å².